The van der Waals surface area contributed by atoms with Gasteiger partial charge in [0.05, 0.1) is 10.4 Å². The van der Waals surface area contributed by atoms with Gasteiger partial charge in [-0.1, -0.05) is 11.3 Å². The van der Waals surface area contributed by atoms with Crippen molar-refractivity contribution < 1.29 is 38.8 Å². The van der Waals surface area contributed by atoms with E-state index in [9.17, 15) is 0 Å². The maximum atomic E-state index is 8.98. The number of thiazole rings is 1. The van der Waals surface area contributed by atoms with E-state index in [1.54, 1.807) is 17.5 Å². The summed E-state index contributed by atoms with van der Waals surface area (Å²) in [6.07, 6.45) is 2.47. The number of halogens is 1. The van der Waals surface area contributed by atoms with Crippen LogP contribution in [-0.4, -0.2) is 47.9 Å². The highest BCUT2D eigenvalue weighted by Crippen LogP contribution is 2.25. The van der Waals surface area contributed by atoms with Crippen molar-refractivity contribution >= 4 is 43.9 Å². The van der Waals surface area contributed by atoms with E-state index in [4.69, 9.17) is 40.0 Å². The number of aliphatic hydroxyl groups excluding tert-OH is 1. The van der Waals surface area contributed by atoms with Gasteiger partial charge in [-0.2, -0.15) is 4.57 Å². The van der Waals surface area contributed by atoms with Crippen molar-refractivity contribution in [3.05, 3.63) is 33.7 Å². The lowest BCUT2D eigenvalue weighted by molar-refractivity contribution is -0.689. The standard InChI is InChI=1S/C12H17N4OS.CH2O2.ClH.H3O4P/c1-8-11(3-4-17)18-7-16(8)6-10-5-14-9(2)15-12(10)13;2-1-3;;1-5(2,3)4/h5,7,17H,3-4,6H2,1-2H3,(H2,13,14,15);1H,(H,2,3);1H;(H3,1,2,3,4)/q+1;;;. The van der Waals surface area contributed by atoms with Crippen LogP contribution in [0.2, 0.25) is 0 Å². The zero-order valence-corrected chi connectivity index (χ0v) is 17.1. The molecule has 0 amide bonds. The zero-order valence-electron chi connectivity index (χ0n) is 14.6. The van der Waals surface area contributed by atoms with E-state index in [0.29, 0.717) is 24.6 Å². The van der Waals surface area contributed by atoms with Gasteiger partial charge in [0.25, 0.3) is 6.47 Å². The number of anilines is 1. The van der Waals surface area contributed by atoms with Crippen LogP contribution in [0.4, 0.5) is 5.82 Å². The molecule has 7 N–H and O–H groups in total. The summed E-state index contributed by atoms with van der Waals surface area (Å²) in [6, 6.07) is 0. The number of hydrogen-bond acceptors (Lipinski definition) is 7. The molecule has 27 heavy (non-hydrogen) atoms. The molecule has 2 rings (SSSR count). The van der Waals surface area contributed by atoms with Crippen molar-refractivity contribution in [2.45, 2.75) is 26.8 Å². The van der Waals surface area contributed by atoms with Crippen LogP contribution in [0.3, 0.4) is 0 Å². The zero-order chi connectivity index (χ0) is 20.3. The molecule has 0 saturated heterocycles. The second-order valence-electron chi connectivity index (χ2n) is 4.78. The molecule has 154 valence electrons. The SMILES string of the molecule is Cc1ncc(C[n+]2csc(CCO)c2C)c(N)n1.Cl.O=CO.O=P(O)(O)O. The lowest BCUT2D eigenvalue weighted by Gasteiger charge is -2.01. The summed E-state index contributed by atoms with van der Waals surface area (Å²) in [5.41, 5.74) is 10.0. The van der Waals surface area contributed by atoms with Crippen molar-refractivity contribution in [1.29, 1.82) is 0 Å². The number of aromatic nitrogens is 3. The predicted molar refractivity (Wildman–Crippen MR) is 101 cm³/mol. The minimum atomic E-state index is -4.64. The molecule has 11 nitrogen and oxygen atoms in total. The van der Waals surface area contributed by atoms with Crippen LogP contribution in [0.25, 0.3) is 0 Å². The lowest BCUT2D eigenvalue weighted by Crippen LogP contribution is -2.35. The minimum absolute atomic E-state index is 0. The third-order valence-electron chi connectivity index (χ3n) is 2.85. The monoisotopic (exact) mass is 445 g/mol. The van der Waals surface area contributed by atoms with E-state index in [1.807, 2.05) is 19.4 Å². The number of rotatable bonds is 4. The molecule has 2 aromatic rings. The molecule has 0 aliphatic rings. The molecule has 0 aliphatic heterocycles. The second kappa shape index (κ2) is 13.5. The van der Waals surface area contributed by atoms with Crippen LogP contribution in [0.5, 0.6) is 0 Å². The normalized spacial score (nSPS) is 9.85. The van der Waals surface area contributed by atoms with Gasteiger partial charge in [0.2, 0.25) is 5.51 Å². The number of aliphatic hydroxyl groups is 1. The van der Waals surface area contributed by atoms with Gasteiger partial charge in [0, 0.05) is 26.1 Å². The summed E-state index contributed by atoms with van der Waals surface area (Å²) in [5, 5.41) is 15.9. The van der Waals surface area contributed by atoms with Gasteiger partial charge < -0.3 is 30.6 Å². The van der Waals surface area contributed by atoms with Gasteiger partial charge in [0.15, 0.2) is 12.2 Å². The third-order valence-corrected chi connectivity index (χ3v) is 4.00. The fourth-order valence-electron chi connectivity index (χ4n) is 1.77. The Morgan fingerprint density at radius 1 is 1.33 bits per heavy atom. The Bertz CT molecular complexity index is 748. The first-order valence-corrected chi connectivity index (χ1v) is 9.49. The molecular formula is C13H23ClN4O7PS+. The number of aryl methyl sites for hydroxylation is 1. The summed E-state index contributed by atoms with van der Waals surface area (Å²) < 4.78 is 11.0. The summed E-state index contributed by atoms with van der Waals surface area (Å²) in [5.74, 6) is 1.22. The molecule has 2 aromatic heterocycles. The van der Waals surface area contributed by atoms with E-state index in [1.165, 1.54) is 4.88 Å². The molecule has 2 heterocycles. The van der Waals surface area contributed by atoms with Crippen molar-refractivity contribution in [2.24, 2.45) is 0 Å². The smallest absolute Gasteiger partial charge is 0.466 e. The van der Waals surface area contributed by atoms with E-state index in [2.05, 4.69) is 14.5 Å². The Kier molecular flexibility index (Phi) is 13.8. The van der Waals surface area contributed by atoms with Crippen LogP contribution in [-0.2, 0) is 22.3 Å². The lowest BCUT2D eigenvalue weighted by atomic mass is 10.2. The van der Waals surface area contributed by atoms with Crippen molar-refractivity contribution in [1.82, 2.24) is 9.97 Å². The number of nitrogen functional groups attached to an aromatic ring is 1. The van der Waals surface area contributed by atoms with Crippen LogP contribution in [0.1, 0.15) is 22.0 Å². The highest BCUT2D eigenvalue weighted by molar-refractivity contribution is 7.45. The molecular weight excluding hydrogens is 423 g/mol. The first kappa shape index (κ1) is 27.6. The van der Waals surface area contributed by atoms with Gasteiger partial charge in [0.1, 0.15) is 11.6 Å². The van der Waals surface area contributed by atoms with Crippen LogP contribution >= 0.6 is 31.6 Å². The van der Waals surface area contributed by atoms with Gasteiger partial charge >= 0.3 is 7.82 Å². The first-order valence-electron chi connectivity index (χ1n) is 7.04. The molecule has 14 heteroatoms. The maximum Gasteiger partial charge on any atom is 0.466 e. The Morgan fingerprint density at radius 3 is 2.30 bits per heavy atom. The molecule has 0 spiro atoms. The number of nitrogens with zero attached hydrogens (tertiary/aromatic N) is 3. The highest BCUT2D eigenvalue weighted by Gasteiger charge is 2.16. The van der Waals surface area contributed by atoms with Gasteiger partial charge in [-0.25, -0.2) is 14.5 Å². The van der Waals surface area contributed by atoms with Gasteiger partial charge in [-0.3, -0.25) is 4.79 Å². The summed E-state index contributed by atoms with van der Waals surface area (Å²) in [7, 11) is -4.64. The second-order valence-corrected chi connectivity index (χ2v) is 6.75. The van der Waals surface area contributed by atoms with Crippen LogP contribution in [0.15, 0.2) is 11.7 Å². The molecule has 0 aliphatic carbocycles. The van der Waals surface area contributed by atoms with E-state index >= 15 is 0 Å². The first-order chi connectivity index (χ1) is 12.0. The van der Waals surface area contributed by atoms with Gasteiger partial charge in [-0.15, -0.1) is 12.4 Å². The fraction of sp³-hybridized carbons (Fsp3) is 0.385. The van der Waals surface area contributed by atoms with Crippen LogP contribution < -0.4 is 10.3 Å². The number of phosphoric acid groups is 1. The Balaban J connectivity index is 0. The van der Waals surface area contributed by atoms with Crippen molar-refractivity contribution in [3.63, 3.8) is 0 Å². The van der Waals surface area contributed by atoms with E-state index in [0.717, 1.165) is 11.3 Å². The number of carboxylic acid groups (broad SMARTS) is 1. The van der Waals surface area contributed by atoms with E-state index in [-0.39, 0.29) is 25.5 Å². The Morgan fingerprint density at radius 2 is 1.85 bits per heavy atom. The third kappa shape index (κ3) is 12.4. The summed E-state index contributed by atoms with van der Waals surface area (Å²) >= 11 is 1.65. The van der Waals surface area contributed by atoms with Crippen molar-refractivity contribution in [2.75, 3.05) is 12.3 Å². The average molecular weight is 446 g/mol. The van der Waals surface area contributed by atoms with Crippen molar-refractivity contribution in [3.8, 4) is 0 Å². The quantitative estimate of drug-likeness (QED) is 0.208. The van der Waals surface area contributed by atoms with Crippen LogP contribution in [0, 0.1) is 13.8 Å². The Labute approximate surface area is 165 Å². The topological polar surface area (TPSA) is 191 Å². The molecule has 0 radical (unpaired) electrons. The highest BCUT2D eigenvalue weighted by atomic mass is 35.5. The number of hydrogen-bond donors (Lipinski definition) is 6. The number of carbonyl (C=O) groups is 1. The minimum Gasteiger partial charge on any atom is -0.483 e. The number of nitrogens with two attached hydrogens (primary N) is 1. The molecule has 0 atom stereocenters. The molecule has 0 saturated carbocycles. The summed E-state index contributed by atoms with van der Waals surface area (Å²) in [4.78, 5) is 39.4. The maximum absolute atomic E-state index is 8.98. The molecule has 0 aromatic carbocycles. The largest absolute Gasteiger partial charge is 0.483 e. The molecule has 0 unspecified atom stereocenters. The summed E-state index contributed by atoms with van der Waals surface area (Å²) in [6.45, 7) is 4.46. The average Bonchev–Trinajstić information content (AvgIpc) is 2.83. The predicted octanol–water partition coefficient (Wildman–Crippen LogP) is -0.198. The Hall–Kier alpha value is -1.66. The fourth-order valence-corrected chi connectivity index (χ4v) is 2.75. The molecule has 0 fully saturated rings. The van der Waals surface area contributed by atoms with E-state index < -0.39 is 7.82 Å². The van der Waals surface area contributed by atoms with Gasteiger partial charge in [-0.05, 0) is 6.92 Å². The molecule has 0 bridgehead atoms.